The third kappa shape index (κ3) is 3.23. The minimum absolute atomic E-state index is 0.115. The van der Waals surface area contributed by atoms with Crippen molar-refractivity contribution in [1.82, 2.24) is 0 Å². The summed E-state index contributed by atoms with van der Waals surface area (Å²) in [4.78, 5) is 10.6. The zero-order chi connectivity index (χ0) is 10.5. The van der Waals surface area contributed by atoms with E-state index in [0.717, 1.165) is 0 Å². The van der Waals surface area contributed by atoms with Gasteiger partial charge in [-0.1, -0.05) is 0 Å². The quantitative estimate of drug-likeness (QED) is 0.517. The van der Waals surface area contributed by atoms with Gasteiger partial charge in [0.05, 0.1) is 6.61 Å². The SMILES string of the molecule is CCOC(=O)C(F)(F)C(O)OCC. The van der Waals surface area contributed by atoms with E-state index in [9.17, 15) is 13.6 Å². The standard InChI is InChI=1S/C7H12F2O4/c1-3-12-5(10)7(8,9)6(11)13-4-2/h5,10H,3-4H2,1-2H3. The molecule has 1 unspecified atom stereocenters. The first-order valence-electron chi connectivity index (χ1n) is 3.81. The van der Waals surface area contributed by atoms with Gasteiger partial charge in [-0.25, -0.2) is 4.79 Å². The smallest absolute Gasteiger partial charge is 0.392 e. The van der Waals surface area contributed by atoms with E-state index in [1.54, 1.807) is 0 Å². The van der Waals surface area contributed by atoms with Crippen LogP contribution in [0.2, 0.25) is 0 Å². The van der Waals surface area contributed by atoms with Gasteiger partial charge in [0.2, 0.25) is 6.29 Å². The maximum absolute atomic E-state index is 12.7. The molecule has 0 bridgehead atoms. The second kappa shape index (κ2) is 5.08. The lowest BCUT2D eigenvalue weighted by Crippen LogP contribution is -2.44. The molecule has 1 N–H and O–H groups in total. The number of aliphatic hydroxyl groups is 1. The van der Waals surface area contributed by atoms with Gasteiger partial charge in [0, 0.05) is 6.61 Å². The molecule has 4 nitrogen and oxygen atoms in total. The van der Waals surface area contributed by atoms with Gasteiger partial charge in [0.25, 0.3) is 0 Å². The van der Waals surface area contributed by atoms with E-state index in [4.69, 9.17) is 5.11 Å². The van der Waals surface area contributed by atoms with Gasteiger partial charge >= 0.3 is 11.9 Å². The molecule has 0 saturated carbocycles. The highest BCUT2D eigenvalue weighted by molar-refractivity contribution is 5.78. The van der Waals surface area contributed by atoms with Gasteiger partial charge < -0.3 is 14.6 Å². The molecule has 6 heteroatoms. The molecule has 78 valence electrons. The number of halogens is 2. The summed E-state index contributed by atoms with van der Waals surface area (Å²) in [5, 5.41) is 8.70. The van der Waals surface area contributed by atoms with Crippen LogP contribution in [0.15, 0.2) is 0 Å². The van der Waals surface area contributed by atoms with Crippen LogP contribution in [0.5, 0.6) is 0 Å². The summed E-state index contributed by atoms with van der Waals surface area (Å²) in [6, 6.07) is 0. The summed E-state index contributed by atoms with van der Waals surface area (Å²) >= 11 is 0. The molecule has 0 saturated heterocycles. The molecule has 1 atom stereocenters. The van der Waals surface area contributed by atoms with E-state index in [1.165, 1.54) is 13.8 Å². The Kier molecular flexibility index (Phi) is 4.79. The number of aliphatic hydroxyl groups excluding tert-OH is 1. The number of hydrogen-bond donors (Lipinski definition) is 1. The molecule has 0 heterocycles. The van der Waals surface area contributed by atoms with Crippen molar-refractivity contribution in [3.63, 3.8) is 0 Å². The van der Waals surface area contributed by atoms with Crippen molar-refractivity contribution in [3.8, 4) is 0 Å². The molecule has 0 aromatic rings. The molecule has 0 aromatic heterocycles. The summed E-state index contributed by atoms with van der Waals surface area (Å²) in [7, 11) is 0. The lowest BCUT2D eigenvalue weighted by Gasteiger charge is -2.19. The molecule has 0 amide bonds. The lowest BCUT2D eigenvalue weighted by atomic mass is 10.3. The molecule has 0 radical (unpaired) electrons. The predicted octanol–water partition coefficient (Wildman–Crippen LogP) is 0.540. The first kappa shape index (κ1) is 12.2. The average Bonchev–Trinajstić information content (AvgIpc) is 2.05. The summed E-state index contributed by atoms with van der Waals surface area (Å²) in [5.74, 6) is -5.79. The summed E-state index contributed by atoms with van der Waals surface area (Å²) < 4.78 is 33.7. The van der Waals surface area contributed by atoms with Crippen LogP contribution in [-0.2, 0) is 14.3 Å². The maximum atomic E-state index is 12.7. The Labute approximate surface area is 74.4 Å². The Bertz CT molecular complexity index is 172. The number of ether oxygens (including phenoxy) is 2. The van der Waals surface area contributed by atoms with Crippen LogP contribution in [0.4, 0.5) is 8.78 Å². The van der Waals surface area contributed by atoms with Crippen molar-refractivity contribution < 1.29 is 28.2 Å². The van der Waals surface area contributed by atoms with Crippen molar-refractivity contribution in [2.45, 2.75) is 26.1 Å². The molecule has 0 aromatic carbocycles. The van der Waals surface area contributed by atoms with Crippen molar-refractivity contribution in [1.29, 1.82) is 0 Å². The minimum Gasteiger partial charge on any atom is -0.461 e. The maximum Gasteiger partial charge on any atom is 0.392 e. The second-order valence-corrected chi connectivity index (χ2v) is 2.15. The van der Waals surface area contributed by atoms with E-state index in [0.29, 0.717) is 0 Å². The second-order valence-electron chi connectivity index (χ2n) is 2.15. The fourth-order valence-electron chi connectivity index (χ4n) is 0.591. The van der Waals surface area contributed by atoms with Gasteiger partial charge in [-0.3, -0.25) is 0 Å². The molecule has 0 aliphatic rings. The van der Waals surface area contributed by atoms with Gasteiger partial charge in [-0.05, 0) is 13.8 Å². The number of carbonyl (C=O) groups is 1. The molecule has 0 rings (SSSR count). The summed E-state index contributed by atoms with van der Waals surface area (Å²) in [6.07, 6.45) is -2.45. The predicted molar refractivity (Wildman–Crippen MR) is 39.2 cm³/mol. The van der Waals surface area contributed by atoms with Gasteiger partial charge in [0.15, 0.2) is 0 Å². The molecule has 0 fully saturated rings. The Hall–Kier alpha value is -0.750. The molecule has 0 spiro atoms. The first-order valence-corrected chi connectivity index (χ1v) is 3.81. The summed E-state index contributed by atoms with van der Waals surface area (Å²) in [6.45, 7) is 2.52. The number of carbonyl (C=O) groups excluding carboxylic acids is 1. The monoisotopic (exact) mass is 198 g/mol. The van der Waals surface area contributed by atoms with E-state index < -0.39 is 18.2 Å². The molecule has 0 aliphatic carbocycles. The summed E-state index contributed by atoms with van der Waals surface area (Å²) in [5.41, 5.74) is 0. The highest BCUT2D eigenvalue weighted by Gasteiger charge is 2.49. The van der Waals surface area contributed by atoms with Gasteiger partial charge in [-0.15, -0.1) is 0 Å². The molecular weight excluding hydrogens is 186 g/mol. The van der Waals surface area contributed by atoms with Crippen LogP contribution < -0.4 is 0 Å². The largest absolute Gasteiger partial charge is 0.461 e. The third-order valence-corrected chi connectivity index (χ3v) is 1.18. The van der Waals surface area contributed by atoms with Crippen molar-refractivity contribution in [3.05, 3.63) is 0 Å². The van der Waals surface area contributed by atoms with Crippen LogP contribution in [0.25, 0.3) is 0 Å². The van der Waals surface area contributed by atoms with E-state index in [1.807, 2.05) is 0 Å². The van der Waals surface area contributed by atoms with E-state index in [-0.39, 0.29) is 13.2 Å². The van der Waals surface area contributed by atoms with Gasteiger partial charge in [0.1, 0.15) is 0 Å². The topological polar surface area (TPSA) is 55.8 Å². The fourth-order valence-corrected chi connectivity index (χ4v) is 0.591. The lowest BCUT2D eigenvalue weighted by molar-refractivity contribution is -0.241. The molecular formula is C7H12F2O4. The van der Waals surface area contributed by atoms with Crippen LogP contribution >= 0.6 is 0 Å². The van der Waals surface area contributed by atoms with Crippen LogP contribution in [0.1, 0.15) is 13.8 Å². The highest BCUT2D eigenvalue weighted by atomic mass is 19.3. The molecule has 13 heavy (non-hydrogen) atoms. The number of alkyl halides is 2. The Morgan fingerprint density at radius 2 is 2.00 bits per heavy atom. The first-order chi connectivity index (χ1) is 5.96. The number of rotatable bonds is 5. The van der Waals surface area contributed by atoms with Crippen LogP contribution in [0, 0.1) is 0 Å². The number of esters is 1. The normalized spacial score (nSPS) is 13.9. The fraction of sp³-hybridized carbons (Fsp3) is 0.857. The number of hydrogen-bond acceptors (Lipinski definition) is 4. The Morgan fingerprint density at radius 1 is 1.46 bits per heavy atom. The Morgan fingerprint density at radius 3 is 2.38 bits per heavy atom. The van der Waals surface area contributed by atoms with Gasteiger partial charge in [-0.2, -0.15) is 8.78 Å². The zero-order valence-corrected chi connectivity index (χ0v) is 7.42. The molecule has 0 aliphatic heterocycles. The van der Waals surface area contributed by atoms with E-state index >= 15 is 0 Å². The van der Waals surface area contributed by atoms with Crippen molar-refractivity contribution >= 4 is 5.97 Å². The Balaban J connectivity index is 4.26. The van der Waals surface area contributed by atoms with Crippen molar-refractivity contribution in [2.24, 2.45) is 0 Å². The average molecular weight is 198 g/mol. The highest BCUT2D eigenvalue weighted by Crippen LogP contribution is 2.21. The van der Waals surface area contributed by atoms with Crippen LogP contribution in [-0.4, -0.2) is 36.5 Å². The minimum atomic E-state index is -4.01. The van der Waals surface area contributed by atoms with Crippen molar-refractivity contribution in [2.75, 3.05) is 13.2 Å². The third-order valence-electron chi connectivity index (χ3n) is 1.18. The zero-order valence-electron chi connectivity index (χ0n) is 7.42. The van der Waals surface area contributed by atoms with E-state index in [2.05, 4.69) is 9.47 Å². The van der Waals surface area contributed by atoms with Crippen LogP contribution in [0.3, 0.4) is 0 Å².